The van der Waals surface area contributed by atoms with Crippen LogP contribution in [-0.2, 0) is 15.8 Å². The van der Waals surface area contributed by atoms with Crippen molar-refractivity contribution in [1.29, 1.82) is 0 Å². The van der Waals surface area contributed by atoms with E-state index in [4.69, 9.17) is 11.6 Å². The van der Waals surface area contributed by atoms with E-state index in [9.17, 15) is 22.8 Å². The average Bonchev–Trinajstić information content (AvgIpc) is 3.39. The molecule has 0 heterocycles. The van der Waals surface area contributed by atoms with Crippen molar-refractivity contribution in [1.82, 2.24) is 0 Å². The third-order valence-electron chi connectivity index (χ3n) is 4.46. The molecule has 8 heteroatoms. The molecule has 142 valence electrons. The first kappa shape index (κ1) is 19.2. The van der Waals surface area contributed by atoms with Gasteiger partial charge < -0.3 is 10.6 Å². The van der Waals surface area contributed by atoms with Crippen molar-refractivity contribution in [3.63, 3.8) is 0 Å². The predicted molar refractivity (Wildman–Crippen MR) is 96.6 cm³/mol. The topological polar surface area (TPSA) is 58.2 Å². The number of nitrogens with one attached hydrogen (secondary N) is 2. The van der Waals surface area contributed by atoms with Gasteiger partial charge in [0, 0.05) is 10.7 Å². The Kier molecular flexibility index (Phi) is 4.90. The van der Waals surface area contributed by atoms with Crippen LogP contribution in [0.1, 0.15) is 24.0 Å². The van der Waals surface area contributed by atoms with Crippen LogP contribution in [0.5, 0.6) is 0 Å². The van der Waals surface area contributed by atoms with Gasteiger partial charge in [-0.3, -0.25) is 9.59 Å². The highest BCUT2D eigenvalue weighted by Gasteiger charge is 2.56. The second-order valence-corrected chi connectivity index (χ2v) is 6.98. The van der Waals surface area contributed by atoms with E-state index in [1.807, 2.05) is 6.92 Å². The highest BCUT2D eigenvalue weighted by molar-refractivity contribution is 6.30. The van der Waals surface area contributed by atoms with E-state index in [0.717, 1.165) is 17.7 Å². The molecule has 0 aliphatic heterocycles. The van der Waals surface area contributed by atoms with Gasteiger partial charge in [-0.15, -0.1) is 0 Å². The molecule has 1 aliphatic rings. The molecule has 3 rings (SSSR count). The number of hydrogen-bond donors (Lipinski definition) is 2. The summed E-state index contributed by atoms with van der Waals surface area (Å²) in [5.41, 5.74) is -1.32. The summed E-state index contributed by atoms with van der Waals surface area (Å²) in [5.74, 6) is -1.30. The minimum atomic E-state index is -4.69. The van der Waals surface area contributed by atoms with E-state index >= 15 is 0 Å². The Balaban J connectivity index is 1.78. The van der Waals surface area contributed by atoms with Crippen molar-refractivity contribution in [3.8, 4) is 0 Å². The number of benzene rings is 2. The Morgan fingerprint density at radius 3 is 2.15 bits per heavy atom. The third-order valence-corrected chi connectivity index (χ3v) is 4.70. The summed E-state index contributed by atoms with van der Waals surface area (Å²) >= 11 is 5.64. The van der Waals surface area contributed by atoms with E-state index in [-0.39, 0.29) is 17.9 Å². The van der Waals surface area contributed by atoms with E-state index in [2.05, 4.69) is 10.6 Å². The molecule has 0 atom stereocenters. The minimum Gasteiger partial charge on any atom is -0.325 e. The molecular weight excluding hydrogens is 381 g/mol. The van der Waals surface area contributed by atoms with Crippen molar-refractivity contribution in [2.45, 2.75) is 25.9 Å². The highest BCUT2D eigenvalue weighted by atomic mass is 35.5. The van der Waals surface area contributed by atoms with E-state index in [1.54, 1.807) is 24.3 Å². The van der Waals surface area contributed by atoms with Crippen LogP contribution in [-0.4, -0.2) is 11.8 Å². The molecule has 0 bridgehead atoms. The Morgan fingerprint density at radius 2 is 1.59 bits per heavy atom. The SMILES string of the molecule is Cc1ccc(NC(=O)C2(C(=O)Nc3ccc(Cl)cc3C(F)(F)F)CC2)cc1. The van der Waals surface area contributed by atoms with Crippen LogP contribution < -0.4 is 10.6 Å². The van der Waals surface area contributed by atoms with Gasteiger partial charge in [0.25, 0.3) is 0 Å². The van der Waals surface area contributed by atoms with E-state index in [0.29, 0.717) is 5.69 Å². The highest BCUT2D eigenvalue weighted by Crippen LogP contribution is 2.48. The fourth-order valence-electron chi connectivity index (χ4n) is 2.67. The van der Waals surface area contributed by atoms with Crippen LogP contribution in [0.15, 0.2) is 42.5 Å². The van der Waals surface area contributed by atoms with Gasteiger partial charge in [0.1, 0.15) is 5.41 Å². The number of rotatable bonds is 4. The summed E-state index contributed by atoms with van der Waals surface area (Å²) in [7, 11) is 0. The standard InChI is InChI=1S/C19H16ClF3N2O2/c1-11-2-5-13(6-3-11)24-16(26)18(8-9-18)17(27)25-15-7-4-12(20)10-14(15)19(21,22)23/h2-7,10H,8-9H2,1H3,(H,24,26)(H,25,27). The minimum absolute atomic E-state index is 0.0985. The molecule has 0 unspecified atom stereocenters. The van der Waals surface area contributed by atoms with Crippen molar-refractivity contribution < 1.29 is 22.8 Å². The number of halogens is 4. The van der Waals surface area contributed by atoms with Gasteiger partial charge in [0.05, 0.1) is 11.3 Å². The largest absolute Gasteiger partial charge is 0.418 e. The summed E-state index contributed by atoms with van der Waals surface area (Å²) in [6.45, 7) is 1.89. The normalized spacial score (nSPS) is 15.1. The molecule has 1 aliphatic carbocycles. The smallest absolute Gasteiger partial charge is 0.325 e. The maximum atomic E-state index is 13.2. The van der Waals surface area contributed by atoms with Gasteiger partial charge in [-0.2, -0.15) is 13.2 Å². The zero-order valence-electron chi connectivity index (χ0n) is 14.3. The Morgan fingerprint density at radius 1 is 1.00 bits per heavy atom. The third kappa shape index (κ3) is 4.08. The van der Waals surface area contributed by atoms with Crippen LogP contribution in [0.2, 0.25) is 5.02 Å². The quantitative estimate of drug-likeness (QED) is 0.712. The number of aryl methyl sites for hydroxylation is 1. The van der Waals surface area contributed by atoms with Gasteiger partial charge in [-0.25, -0.2) is 0 Å². The van der Waals surface area contributed by atoms with Crippen LogP contribution in [0.4, 0.5) is 24.5 Å². The van der Waals surface area contributed by atoms with Crippen LogP contribution in [0.3, 0.4) is 0 Å². The van der Waals surface area contributed by atoms with Gasteiger partial charge in [-0.05, 0) is 50.1 Å². The molecule has 2 amide bonds. The van der Waals surface area contributed by atoms with Crippen molar-refractivity contribution in [2.24, 2.45) is 5.41 Å². The number of carbonyl (C=O) groups is 2. The van der Waals surface area contributed by atoms with E-state index in [1.165, 1.54) is 6.07 Å². The fraction of sp³-hybridized carbons (Fsp3) is 0.263. The van der Waals surface area contributed by atoms with Crippen molar-refractivity contribution in [3.05, 3.63) is 58.6 Å². The summed E-state index contributed by atoms with van der Waals surface area (Å²) in [6, 6.07) is 10.1. The molecule has 0 saturated heterocycles. The zero-order chi connectivity index (χ0) is 19.8. The molecule has 2 aromatic rings. The molecule has 0 aromatic heterocycles. The Labute approximate surface area is 158 Å². The zero-order valence-corrected chi connectivity index (χ0v) is 15.0. The second-order valence-electron chi connectivity index (χ2n) is 6.54. The lowest BCUT2D eigenvalue weighted by Gasteiger charge is -2.18. The number of carbonyl (C=O) groups excluding carboxylic acids is 2. The molecule has 2 N–H and O–H groups in total. The maximum Gasteiger partial charge on any atom is 0.418 e. The first-order valence-corrected chi connectivity index (χ1v) is 8.56. The van der Waals surface area contributed by atoms with Gasteiger partial charge in [-0.1, -0.05) is 29.3 Å². The summed E-state index contributed by atoms with van der Waals surface area (Å²) in [5, 5.41) is 4.80. The summed E-state index contributed by atoms with van der Waals surface area (Å²) in [4.78, 5) is 25.1. The van der Waals surface area contributed by atoms with Gasteiger partial charge in [0.15, 0.2) is 0 Å². The van der Waals surface area contributed by atoms with Gasteiger partial charge in [0.2, 0.25) is 11.8 Å². The lowest BCUT2D eigenvalue weighted by Crippen LogP contribution is -2.36. The second kappa shape index (κ2) is 6.88. The number of amides is 2. The first-order valence-electron chi connectivity index (χ1n) is 8.18. The number of alkyl halides is 3. The van der Waals surface area contributed by atoms with Crippen LogP contribution >= 0.6 is 11.6 Å². The number of hydrogen-bond acceptors (Lipinski definition) is 2. The predicted octanol–water partition coefficient (Wildman–Crippen LogP) is 5.02. The van der Waals surface area contributed by atoms with Crippen LogP contribution in [0.25, 0.3) is 0 Å². The van der Waals surface area contributed by atoms with Crippen LogP contribution in [0, 0.1) is 12.3 Å². The maximum absolute atomic E-state index is 13.2. The molecular formula is C19H16ClF3N2O2. The van der Waals surface area contributed by atoms with E-state index < -0.39 is 34.7 Å². The molecule has 27 heavy (non-hydrogen) atoms. The average molecular weight is 397 g/mol. The molecule has 1 fully saturated rings. The monoisotopic (exact) mass is 396 g/mol. The Bertz CT molecular complexity index is 891. The molecule has 2 aromatic carbocycles. The Hall–Kier alpha value is -2.54. The molecule has 0 radical (unpaired) electrons. The molecule has 4 nitrogen and oxygen atoms in total. The van der Waals surface area contributed by atoms with Crippen molar-refractivity contribution in [2.75, 3.05) is 10.6 Å². The summed E-state index contributed by atoms with van der Waals surface area (Å²) in [6.07, 6.45) is -4.15. The molecule has 0 spiro atoms. The lowest BCUT2D eigenvalue weighted by molar-refractivity contribution is -0.137. The molecule has 1 saturated carbocycles. The van der Waals surface area contributed by atoms with Gasteiger partial charge >= 0.3 is 6.18 Å². The van der Waals surface area contributed by atoms with Crippen molar-refractivity contribution >= 4 is 34.8 Å². The first-order chi connectivity index (χ1) is 12.6. The summed E-state index contributed by atoms with van der Waals surface area (Å²) < 4.78 is 39.5. The number of anilines is 2. The fourth-order valence-corrected chi connectivity index (χ4v) is 2.84. The lowest BCUT2D eigenvalue weighted by atomic mass is 10.0.